The maximum Gasteiger partial charge on any atom is 0.278 e. The van der Waals surface area contributed by atoms with Gasteiger partial charge in [0.05, 0.1) is 10.9 Å². The van der Waals surface area contributed by atoms with Gasteiger partial charge in [0.25, 0.3) is 11.1 Å². The predicted octanol–water partition coefficient (Wildman–Crippen LogP) is 5.46. The second kappa shape index (κ2) is 7.87. The summed E-state index contributed by atoms with van der Waals surface area (Å²) >= 11 is 3.10. The molecule has 0 saturated carbocycles. The Kier molecular flexibility index (Phi) is 5.33. The standard InChI is InChI=1S/C21H21N3OS2/c1-13-3-6-15(7-4-13)10-17(12-22)26-21-24-23-20(25-21)19-11-16-9-14(2)5-8-18(16)27-19/h3-4,6-7,11,14,17H,5,8-10H2,1-2H3/t14-,17-/m1/s1. The van der Waals surface area contributed by atoms with E-state index >= 15 is 0 Å². The molecule has 0 aliphatic heterocycles. The van der Waals surface area contributed by atoms with Crippen molar-refractivity contribution in [2.45, 2.75) is 50.0 Å². The highest BCUT2D eigenvalue weighted by atomic mass is 32.2. The molecule has 1 aliphatic rings. The lowest BCUT2D eigenvalue weighted by atomic mass is 9.90. The van der Waals surface area contributed by atoms with Crippen molar-refractivity contribution < 1.29 is 4.42 Å². The van der Waals surface area contributed by atoms with Gasteiger partial charge in [0.1, 0.15) is 5.25 Å². The normalized spacial score (nSPS) is 17.3. The lowest BCUT2D eigenvalue weighted by Crippen LogP contribution is -2.07. The van der Waals surface area contributed by atoms with Crippen molar-refractivity contribution in [1.82, 2.24) is 10.2 Å². The first-order valence-corrected chi connectivity index (χ1v) is 10.9. The maximum atomic E-state index is 9.50. The molecule has 138 valence electrons. The first-order chi connectivity index (χ1) is 13.1. The van der Waals surface area contributed by atoms with Crippen LogP contribution in [0.3, 0.4) is 0 Å². The molecule has 0 radical (unpaired) electrons. The van der Waals surface area contributed by atoms with Crippen molar-refractivity contribution in [3.05, 3.63) is 51.9 Å². The average Bonchev–Trinajstić information content (AvgIpc) is 3.29. The van der Waals surface area contributed by atoms with Crippen LogP contribution >= 0.6 is 23.1 Å². The first-order valence-electron chi connectivity index (χ1n) is 9.18. The van der Waals surface area contributed by atoms with E-state index in [0.29, 0.717) is 17.5 Å². The molecule has 0 amide bonds. The SMILES string of the molecule is Cc1ccc(C[C@H](C#N)Sc2nnc(-c3cc4c(s3)CC[C@@H](C)C4)o2)cc1. The molecule has 27 heavy (non-hydrogen) atoms. The molecule has 3 aromatic rings. The molecule has 1 aliphatic carbocycles. The molecule has 0 fully saturated rings. The number of nitriles is 1. The number of fused-ring (bicyclic) bond motifs is 1. The van der Waals surface area contributed by atoms with Crippen molar-refractivity contribution in [2.75, 3.05) is 0 Å². The maximum absolute atomic E-state index is 9.50. The van der Waals surface area contributed by atoms with E-state index in [9.17, 15) is 5.26 Å². The highest BCUT2D eigenvalue weighted by molar-refractivity contribution is 7.99. The molecule has 0 bridgehead atoms. The Morgan fingerprint density at radius 3 is 2.93 bits per heavy atom. The quantitative estimate of drug-likeness (QED) is 0.537. The van der Waals surface area contributed by atoms with Gasteiger partial charge in [0, 0.05) is 4.88 Å². The summed E-state index contributed by atoms with van der Waals surface area (Å²) in [5.74, 6) is 1.31. The van der Waals surface area contributed by atoms with E-state index in [2.05, 4.69) is 60.4 Å². The van der Waals surface area contributed by atoms with Crippen LogP contribution in [0.1, 0.15) is 34.9 Å². The fourth-order valence-corrected chi connectivity index (χ4v) is 5.26. The van der Waals surface area contributed by atoms with Crippen LogP contribution in [-0.4, -0.2) is 15.4 Å². The minimum Gasteiger partial charge on any atom is -0.410 e. The van der Waals surface area contributed by atoms with Crippen LogP contribution in [0.4, 0.5) is 0 Å². The Bertz CT molecular complexity index is 968. The Morgan fingerprint density at radius 2 is 2.15 bits per heavy atom. The minimum atomic E-state index is -0.251. The van der Waals surface area contributed by atoms with Crippen LogP contribution in [0.2, 0.25) is 0 Å². The van der Waals surface area contributed by atoms with Gasteiger partial charge < -0.3 is 4.42 Å². The van der Waals surface area contributed by atoms with E-state index in [4.69, 9.17) is 4.42 Å². The summed E-state index contributed by atoms with van der Waals surface area (Å²) in [6.07, 6.45) is 4.18. The number of hydrogen-bond acceptors (Lipinski definition) is 6. The second-order valence-electron chi connectivity index (χ2n) is 7.21. The van der Waals surface area contributed by atoms with Crippen molar-refractivity contribution in [3.8, 4) is 16.8 Å². The van der Waals surface area contributed by atoms with Crippen LogP contribution in [0, 0.1) is 24.2 Å². The van der Waals surface area contributed by atoms with E-state index < -0.39 is 0 Å². The van der Waals surface area contributed by atoms with Gasteiger partial charge in [-0.15, -0.1) is 21.5 Å². The zero-order chi connectivity index (χ0) is 18.8. The number of aromatic nitrogens is 2. The number of rotatable bonds is 5. The number of thioether (sulfide) groups is 1. The van der Waals surface area contributed by atoms with Crippen LogP contribution < -0.4 is 0 Å². The molecule has 2 atom stereocenters. The van der Waals surface area contributed by atoms with E-state index in [0.717, 1.165) is 29.2 Å². The monoisotopic (exact) mass is 395 g/mol. The zero-order valence-electron chi connectivity index (χ0n) is 15.4. The molecule has 4 nitrogen and oxygen atoms in total. The predicted molar refractivity (Wildman–Crippen MR) is 109 cm³/mol. The van der Waals surface area contributed by atoms with Crippen molar-refractivity contribution in [1.29, 1.82) is 5.26 Å². The summed E-state index contributed by atoms with van der Waals surface area (Å²) in [6.45, 7) is 4.36. The van der Waals surface area contributed by atoms with Gasteiger partial charge in [-0.05, 0) is 67.5 Å². The van der Waals surface area contributed by atoms with Gasteiger partial charge in [-0.1, -0.05) is 36.8 Å². The Morgan fingerprint density at radius 1 is 1.33 bits per heavy atom. The molecule has 0 N–H and O–H groups in total. The van der Waals surface area contributed by atoms with Gasteiger partial charge in [-0.25, -0.2) is 0 Å². The number of aryl methyl sites for hydroxylation is 2. The lowest BCUT2D eigenvalue weighted by molar-refractivity contribution is 0.466. The summed E-state index contributed by atoms with van der Waals surface area (Å²) in [5, 5.41) is 18.1. The van der Waals surface area contributed by atoms with E-state index in [1.54, 1.807) is 11.3 Å². The average molecular weight is 396 g/mol. The largest absolute Gasteiger partial charge is 0.410 e. The van der Waals surface area contributed by atoms with Crippen molar-refractivity contribution >= 4 is 23.1 Å². The number of nitrogens with zero attached hydrogens (tertiary/aromatic N) is 3. The van der Waals surface area contributed by atoms with Gasteiger partial charge >= 0.3 is 0 Å². The summed E-state index contributed by atoms with van der Waals surface area (Å²) in [5.41, 5.74) is 3.78. The van der Waals surface area contributed by atoms with Crippen LogP contribution in [0.15, 0.2) is 40.0 Å². The van der Waals surface area contributed by atoms with E-state index in [1.807, 2.05) is 0 Å². The molecule has 0 unspecified atom stereocenters. The van der Waals surface area contributed by atoms with Gasteiger partial charge in [-0.3, -0.25) is 0 Å². The number of hydrogen-bond donors (Lipinski definition) is 0. The van der Waals surface area contributed by atoms with Crippen LogP contribution in [0.5, 0.6) is 0 Å². The minimum absolute atomic E-state index is 0.251. The Hall–Kier alpha value is -2.10. The zero-order valence-corrected chi connectivity index (χ0v) is 17.1. The fourth-order valence-electron chi connectivity index (χ4n) is 3.34. The summed E-state index contributed by atoms with van der Waals surface area (Å²) in [4.78, 5) is 2.49. The second-order valence-corrected chi connectivity index (χ2v) is 9.50. The number of benzene rings is 1. The van der Waals surface area contributed by atoms with Crippen molar-refractivity contribution in [2.24, 2.45) is 5.92 Å². The highest BCUT2D eigenvalue weighted by Gasteiger charge is 2.22. The molecule has 2 aromatic heterocycles. The summed E-state index contributed by atoms with van der Waals surface area (Å²) < 4.78 is 5.86. The summed E-state index contributed by atoms with van der Waals surface area (Å²) in [6, 6.07) is 12.8. The molecule has 6 heteroatoms. The van der Waals surface area contributed by atoms with Crippen LogP contribution in [-0.2, 0) is 19.3 Å². The van der Waals surface area contributed by atoms with Gasteiger partial charge in [-0.2, -0.15) is 5.26 Å². The molecular formula is C21H21N3OS2. The third kappa shape index (κ3) is 4.26. The van der Waals surface area contributed by atoms with Gasteiger partial charge in [0.15, 0.2) is 0 Å². The van der Waals surface area contributed by atoms with Crippen LogP contribution in [0.25, 0.3) is 10.8 Å². The number of thiophene rings is 1. The van der Waals surface area contributed by atoms with Gasteiger partial charge in [0.2, 0.25) is 0 Å². The third-order valence-electron chi connectivity index (χ3n) is 4.88. The molecule has 1 aromatic carbocycles. The smallest absolute Gasteiger partial charge is 0.278 e. The molecule has 2 heterocycles. The molecule has 0 saturated heterocycles. The molecule has 4 rings (SSSR count). The Balaban J connectivity index is 1.46. The lowest BCUT2D eigenvalue weighted by Gasteiger charge is -2.16. The first kappa shape index (κ1) is 18.3. The highest BCUT2D eigenvalue weighted by Crippen LogP contribution is 2.37. The third-order valence-corrected chi connectivity index (χ3v) is 7.02. The topological polar surface area (TPSA) is 62.7 Å². The fraction of sp³-hybridized carbons (Fsp3) is 0.381. The summed E-state index contributed by atoms with van der Waals surface area (Å²) in [7, 11) is 0. The molecular weight excluding hydrogens is 374 g/mol. The Labute approximate surface area is 167 Å². The van der Waals surface area contributed by atoms with E-state index in [1.165, 1.54) is 34.2 Å². The molecule has 0 spiro atoms. The van der Waals surface area contributed by atoms with E-state index in [-0.39, 0.29) is 5.25 Å². The van der Waals surface area contributed by atoms with Crippen molar-refractivity contribution in [3.63, 3.8) is 0 Å².